The van der Waals surface area contributed by atoms with Crippen LogP contribution in [0.3, 0.4) is 0 Å². The van der Waals surface area contributed by atoms with E-state index in [1.54, 1.807) is 42.6 Å². The van der Waals surface area contributed by atoms with E-state index in [0.717, 1.165) is 42.5 Å². The molecule has 7 nitrogen and oxygen atoms in total. The van der Waals surface area contributed by atoms with Crippen LogP contribution in [0.1, 0.15) is 28.1 Å². The number of halogens is 1. The molecule has 4 aromatic rings. The zero-order valence-electron chi connectivity index (χ0n) is 21.6. The summed E-state index contributed by atoms with van der Waals surface area (Å²) in [6.07, 6.45) is 1.57. The van der Waals surface area contributed by atoms with Gasteiger partial charge >= 0.3 is 0 Å². The summed E-state index contributed by atoms with van der Waals surface area (Å²) >= 11 is 3.37. The quantitative estimate of drug-likeness (QED) is 0.207. The van der Waals surface area contributed by atoms with Crippen LogP contribution in [0.4, 0.5) is 5.69 Å². The highest BCUT2D eigenvalue weighted by atomic mass is 79.9. The maximum atomic E-state index is 13.5. The van der Waals surface area contributed by atoms with Crippen LogP contribution >= 0.6 is 15.9 Å². The lowest BCUT2D eigenvalue weighted by molar-refractivity contribution is -0.119. The second kappa shape index (κ2) is 11.4. The number of aromatic nitrogens is 1. The molecule has 0 aliphatic carbocycles. The van der Waals surface area contributed by atoms with Gasteiger partial charge in [-0.3, -0.25) is 9.10 Å². The Bertz CT molecular complexity index is 1590. The molecular formula is C29H29BrN4O3S. The Hall–Kier alpha value is -3.69. The molecule has 0 aliphatic heterocycles. The molecule has 0 bridgehead atoms. The fraction of sp³-hybridized carbons (Fsp3) is 0.172. The average Bonchev–Trinajstić information content (AvgIpc) is 3.16. The molecule has 0 aliphatic rings. The average molecular weight is 594 g/mol. The highest BCUT2D eigenvalue weighted by molar-refractivity contribution is 9.10. The van der Waals surface area contributed by atoms with Crippen molar-refractivity contribution < 1.29 is 13.2 Å². The van der Waals surface area contributed by atoms with Crippen LogP contribution in [0.2, 0.25) is 0 Å². The lowest BCUT2D eigenvalue weighted by Crippen LogP contribution is -2.39. The second-order valence-electron chi connectivity index (χ2n) is 9.10. The minimum atomic E-state index is -4.00. The van der Waals surface area contributed by atoms with Crippen LogP contribution in [0.25, 0.3) is 5.69 Å². The molecule has 0 spiro atoms. The number of carbonyl (C=O) groups excluding carboxylic acids is 1. The SMILES string of the molecule is Cc1ccc(S(=O)(=O)N(CC(=O)N/N=C\c2cc(C)n(-c3cccc(C)c3)c2C)c2ccc(Br)cc2)cc1. The summed E-state index contributed by atoms with van der Waals surface area (Å²) in [5.74, 6) is -0.563. The number of amides is 1. The van der Waals surface area contributed by atoms with Gasteiger partial charge in [-0.05, 0) is 87.9 Å². The van der Waals surface area contributed by atoms with Crippen molar-refractivity contribution in [2.75, 3.05) is 10.8 Å². The first-order valence-electron chi connectivity index (χ1n) is 12.0. The molecular weight excluding hydrogens is 564 g/mol. The molecule has 9 heteroatoms. The van der Waals surface area contributed by atoms with Gasteiger partial charge in [-0.25, -0.2) is 13.8 Å². The summed E-state index contributed by atoms with van der Waals surface area (Å²) in [6.45, 7) is 7.50. The zero-order chi connectivity index (χ0) is 27.4. The van der Waals surface area contributed by atoms with Crippen molar-refractivity contribution in [3.05, 3.63) is 111 Å². The molecule has 1 aromatic heterocycles. The van der Waals surface area contributed by atoms with Crippen molar-refractivity contribution in [3.63, 3.8) is 0 Å². The summed E-state index contributed by atoms with van der Waals surface area (Å²) in [5, 5.41) is 4.13. The number of nitrogens with zero attached hydrogens (tertiary/aromatic N) is 3. The Labute approximate surface area is 232 Å². The van der Waals surface area contributed by atoms with Crippen LogP contribution in [0.15, 0.2) is 93.3 Å². The number of rotatable bonds is 8. The predicted octanol–water partition coefficient (Wildman–Crippen LogP) is 5.82. The van der Waals surface area contributed by atoms with Gasteiger partial charge in [0.1, 0.15) is 6.54 Å². The molecule has 1 N–H and O–H groups in total. The van der Waals surface area contributed by atoms with Gasteiger partial charge in [-0.1, -0.05) is 45.8 Å². The molecule has 0 unspecified atom stereocenters. The van der Waals surface area contributed by atoms with E-state index in [9.17, 15) is 13.2 Å². The van der Waals surface area contributed by atoms with Crippen molar-refractivity contribution in [2.24, 2.45) is 5.10 Å². The highest BCUT2D eigenvalue weighted by Crippen LogP contribution is 2.25. The first-order chi connectivity index (χ1) is 18.1. The lowest BCUT2D eigenvalue weighted by Gasteiger charge is -2.23. The minimum Gasteiger partial charge on any atom is -0.318 e. The number of nitrogens with one attached hydrogen (secondary N) is 1. The van der Waals surface area contributed by atoms with Gasteiger partial charge in [0.25, 0.3) is 15.9 Å². The van der Waals surface area contributed by atoms with Crippen LogP contribution in [-0.4, -0.2) is 31.7 Å². The van der Waals surface area contributed by atoms with Gasteiger partial charge < -0.3 is 4.57 Å². The Kier molecular flexibility index (Phi) is 8.18. The van der Waals surface area contributed by atoms with Crippen LogP contribution in [0.5, 0.6) is 0 Å². The first kappa shape index (κ1) is 27.3. The number of carbonyl (C=O) groups is 1. The fourth-order valence-electron chi connectivity index (χ4n) is 4.18. The van der Waals surface area contributed by atoms with Crippen LogP contribution < -0.4 is 9.73 Å². The first-order valence-corrected chi connectivity index (χ1v) is 14.2. The number of hydrogen-bond donors (Lipinski definition) is 1. The summed E-state index contributed by atoms with van der Waals surface area (Å²) in [7, 11) is -4.00. The van der Waals surface area contributed by atoms with E-state index in [1.165, 1.54) is 12.1 Å². The third-order valence-corrected chi connectivity index (χ3v) is 8.45. The predicted molar refractivity (Wildman–Crippen MR) is 156 cm³/mol. The third-order valence-electron chi connectivity index (χ3n) is 6.13. The number of aryl methyl sites for hydroxylation is 3. The maximum absolute atomic E-state index is 13.5. The van der Waals surface area contributed by atoms with E-state index < -0.39 is 22.5 Å². The molecule has 0 fully saturated rings. The van der Waals surface area contributed by atoms with Gasteiger partial charge in [-0.2, -0.15) is 5.10 Å². The molecule has 4 rings (SSSR count). The van der Waals surface area contributed by atoms with Gasteiger partial charge in [0.05, 0.1) is 16.8 Å². The molecule has 1 amide bonds. The second-order valence-corrected chi connectivity index (χ2v) is 11.9. The van der Waals surface area contributed by atoms with Gasteiger partial charge in [-0.15, -0.1) is 0 Å². The molecule has 0 atom stereocenters. The van der Waals surface area contributed by atoms with E-state index in [4.69, 9.17) is 0 Å². The van der Waals surface area contributed by atoms with E-state index in [2.05, 4.69) is 37.1 Å². The topological polar surface area (TPSA) is 83.8 Å². The van der Waals surface area contributed by atoms with Crippen LogP contribution in [-0.2, 0) is 14.8 Å². The lowest BCUT2D eigenvalue weighted by atomic mass is 10.2. The van der Waals surface area contributed by atoms with Crippen molar-refractivity contribution in [1.82, 2.24) is 9.99 Å². The summed E-state index contributed by atoms with van der Waals surface area (Å²) in [5.41, 5.74) is 8.86. The minimum absolute atomic E-state index is 0.103. The van der Waals surface area contributed by atoms with E-state index in [-0.39, 0.29) is 4.90 Å². The Balaban J connectivity index is 1.55. The molecule has 0 saturated carbocycles. The molecule has 0 radical (unpaired) electrons. The molecule has 196 valence electrons. The Morgan fingerprint density at radius 1 is 0.947 bits per heavy atom. The van der Waals surface area contributed by atoms with E-state index in [1.807, 2.05) is 52.0 Å². The molecule has 3 aromatic carbocycles. The van der Waals surface area contributed by atoms with Crippen molar-refractivity contribution in [1.29, 1.82) is 0 Å². The highest BCUT2D eigenvalue weighted by Gasteiger charge is 2.27. The van der Waals surface area contributed by atoms with Crippen LogP contribution in [0, 0.1) is 27.7 Å². The van der Waals surface area contributed by atoms with Crippen molar-refractivity contribution in [3.8, 4) is 5.69 Å². The number of hydrazone groups is 1. The third kappa shape index (κ3) is 6.06. The number of anilines is 1. The Morgan fingerprint density at radius 3 is 2.29 bits per heavy atom. The standard InChI is InChI=1S/C29H29BrN4O3S/c1-20-8-14-28(15-9-20)38(36,37)33(26-12-10-25(30)11-13-26)19-29(35)32-31-18-24-17-22(3)34(23(24)4)27-7-5-6-21(2)16-27/h5-18H,19H2,1-4H3,(H,32,35)/b31-18-. The molecule has 1 heterocycles. The maximum Gasteiger partial charge on any atom is 0.264 e. The largest absolute Gasteiger partial charge is 0.318 e. The summed E-state index contributed by atoms with van der Waals surface area (Å²) in [6, 6.07) is 23.5. The summed E-state index contributed by atoms with van der Waals surface area (Å²) < 4.78 is 31.0. The van der Waals surface area contributed by atoms with Gasteiger partial charge in [0.2, 0.25) is 0 Å². The van der Waals surface area contributed by atoms with Gasteiger partial charge in [0, 0.05) is 27.1 Å². The monoisotopic (exact) mass is 592 g/mol. The smallest absolute Gasteiger partial charge is 0.264 e. The summed E-state index contributed by atoms with van der Waals surface area (Å²) in [4.78, 5) is 13.0. The fourth-order valence-corrected chi connectivity index (χ4v) is 5.87. The molecule has 0 saturated heterocycles. The molecule has 38 heavy (non-hydrogen) atoms. The van der Waals surface area contributed by atoms with E-state index in [0.29, 0.717) is 5.69 Å². The number of benzene rings is 3. The van der Waals surface area contributed by atoms with E-state index >= 15 is 0 Å². The van der Waals surface area contributed by atoms with Crippen molar-refractivity contribution in [2.45, 2.75) is 32.6 Å². The zero-order valence-corrected chi connectivity index (χ0v) is 24.0. The number of hydrogen-bond acceptors (Lipinski definition) is 4. The number of sulfonamides is 1. The van der Waals surface area contributed by atoms with Gasteiger partial charge in [0.15, 0.2) is 0 Å². The Morgan fingerprint density at radius 2 is 1.63 bits per heavy atom. The normalized spacial score (nSPS) is 11.6. The van der Waals surface area contributed by atoms with Crippen molar-refractivity contribution >= 4 is 43.8 Å².